The van der Waals surface area contributed by atoms with Crippen molar-refractivity contribution in [2.75, 3.05) is 13.1 Å². The third kappa shape index (κ3) is 4.07. The Morgan fingerprint density at radius 3 is 2.35 bits per heavy atom. The van der Waals surface area contributed by atoms with Crippen molar-refractivity contribution in [1.82, 2.24) is 4.90 Å². The summed E-state index contributed by atoms with van der Waals surface area (Å²) in [6.07, 6.45) is 5.04. The fraction of sp³-hybridized carbons (Fsp3) is 0.667. The molecule has 20 heavy (non-hydrogen) atoms. The van der Waals surface area contributed by atoms with Crippen molar-refractivity contribution in [3.8, 4) is 0 Å². The highest BCUT2D eigenvalue weighted by Gasteiger charge is 2.30. The van der Waals surface area contributed by atoms with E-state index in [0.717, 1.165) is 18.9 Å². The molecule has 1 aromatic carbocycles. The van der Waals surface area contributed by atoms with E-state index >= 15 is 0 Å². The topological polar surface area (TPSA) is 29.3 Å². The molecule has 112 valence electrons. The molecule has 1 saturated carbocycles. The fourth-order valence-electron chi connectivity index (χ4n) is 2.98. The van der Waals surface area contributed by atoms with Crippen molar-refractivity contribution in [2.45, 2.75) is 58.5 Å². The number of benzene rings is 1. The van der Waals surface area contributed by atoms with E-state index in [-0.39, 0.29) is 6.04 Å². The highest BCUT2D eigenvalue weighted by atomic mass is 15.2. The lowest BCUT2D eigenvalue weighted by molar-refractivity contribution is 0.162. The number of aryl methyl sites for hydroxylation is 1. The van der Waals surface area contributed by atoms with Gasteiger partial charge in [-0.15, -0.1) is 0 Å². The van der Waals surface area contributed by atoms with Crippen LogP contribution in [-0.4, -0.2) is 24.0 Å². The maximum absolute atomic E-state index is 6.47. The average molecular weight is 274 g/mol. The first-order chi connectivity index (χ1) is 9.65. The molecule has 0 aliphatic heterocycles. The minimum atomic E-state index is 0.225. The maximum atomic E-state index is 6.47. The molecule has 0 bridgehead atoms. The van der Waals surface area contributed by atoms with E-state index in [0.29, 0.717) is 6.04 Å². The monoisotopic (exact) mass is 274 g/mol. The Kier molecular flexibility index (Phi) is 5.62. The van der Waals surface area contributed by atoms with Crippen molar-refractivity contribution in [3.05, 3.63) is 35.4 Å². The van der Waals surface area contributed by atoms with Gasteiger partial charge in [-0.3, -0.25) is 4.90 Å². The van der Waals surface area contributed by atoms with E-state index in [1.54, 1.807) is 0 Å². The molecular weight excluding hydrogens is 244 g/mol. The summed E-state index contributed by atoms with van der Waals surface area (Å²) >= 11 is 0. The first-order valence-electron chi connectivity index (χ1n) is 8.21. The molecule has 0 saturated heterocycles. The lowest BCUT2D eigenvalue weighted by Crippen LogP contribution is -2.42. The first-order valence-corrected chi connectivity index (χ1v) is 8.21. The molecule has 0 radical (unpaired) electrons. The van der Waals surface area contributed by atoms with E-state index in [4.69, 9.17) is 5.73 Å². The zero-order valence-corrected chi connectivity index (χ0v) is 13.3. The Morgan fingerprint density at radius 1 is 1.20 bits per heavy atom. The van der Waals surface area contributed by atoms with Crippen LogP contribution in [0.3, 0.4) is 0 Å². The molecule has 0 heterocycles. The Morgan fingerprint density at radius 2 is 1.85 bits per heavy atom. The molecule has 1 fully saturated rings. The number of nitrogens with two attached hydrogens (primary N) is 1. The molecule has 2 unspecified atom stereocenters. The van der Waals surface area contributed by atoms with Gasteiger partial charge in [0.25, 0.3) is 0 Å². The third-order valence-electron chi connectivity index (χ3n) is 4.39. The highest BCUT2D eigenvalue weighted by Crippen LogP contribution is 2.34. The van der Waals surface area contributed by atoms with Crippen molar-refractivity contribution < 1.29 is 0 Å². The van der Waals surface area contributed by atoms with Crippen molar-refractivity contribution in [3.63, 3.8) is 0 Å². The van der Waals surface area contributed by atoms with Crippen molar-refractivity contribution in [2.24, 2.45) is 11.7 Å². The van der Waals surface area contributed by atoms with Crippen LogP contribution in [0.25, 0.3) is 0 Å². The summed E-state index contributed by atoms with van der Waals surface area (Å²) in [7, 11) is 0. The van der Waals surface area contributed by atoms with Gasteiger partial charge >= 0.3 is 0 Å². The van der Waals surface area contributed by atoms with Crippen molar-refractivity contribution >= 4 is 0 Å². The largest absolute Gasteiger partial charge is 0.326 e. The Balaban J connectivity index is 2.20. The molecule has 1 aliphatic carbocycles. The molecule has 1 aromatic rings. The second kappa shape index (κ2) is 7.24. The standard InChI is InChI=1S/C18H30N2/c1-4-12-20(13-15-8-9-15)18(17(19)5-2)16-10-6-14(3)7-11-16/h6-7,10-11,15,17-18H,4-5,8-9,12-13,19H2,1-3H3. The number of nitrogens with zero attached hydrogens (tertiary/aromatic N) is 1. The van der Waals surface area contributed by atoms with Gasteiger partial charge in [0.2, 0.25) is 0 Å². The van der Waals surface area contributed by atoms with Crippen LogP contribution in [0.4, 0.5) is 0 Å². The summed E-state index contributed by atoms with van der Waals surface area (Å²) in [4.78, 5) is 2.64. The Hall–Kier alpha value is -0.860. The molecule has 0 spiro atoms. The SMILES string of the molecule is CCCN(CC1CC1)C(c1ccc(C)cc1)C(N)CC. The predicted octanol–water partition coefficient (Wildman–Crippen LogP) is 3.90. The van der Waals surface area contributed by atoms with Gasteiger partial charge in [0.15, 0.2) is 0 Å². The summed E-state index contributed by atoms with van der Waals surface area (Å²) in [6.45, 7) is 8.99. The van der Waals surface area contributed by atoms with Gasteiger partial charge in [-0.1, -0.05) is 43.7 Å². The van der Waals surface area contributed by atoms with E-state index in [2.05, 4.69) is 49.9 Å². The second-order valence-corrected chi connectivity index (χ2v) is 6.37. The van der Waals surface area contributed by atoms with Crippen molar-refractivity contribution in [1.29, 1.82) is 0 Å². The quantitative estimate of drug-likeness (QED) is 0.779. The molecule has 1 aliphatic rings. The third-order valence-corrected chi connectivity index (χ3v) is 4.39. The highest BCUT2D eigenvalue weighted by molar-refractivity contribution is 5.25. The molecule has 2 nitrogen and oxygen atoms in total. The van der Waals surface area contributed by atoms with Crippen LogP contribution in [-0.2, 0) is 0 Å². The second-order valence-electron chi connectivity index (χ2n) is 6.37. The van der Waals surface area contributed by atoms with Gasteiger partial charge in [-0.25, -0.2) is 0 Å². The van der Waals surface area contributed by atoms with E-state index in [1.807, 2.05) is 0 Å². The molecular formula is C18H30N2. The van der Waals surface area contributed by atoms with E-state index < -0.39 is 0 Å². The van der Waals surface area contributed by atoms with Gasteiger partial charge < -0.3 is 5.73 Å². The summed E-state index contributed by atoms with van der Waals surface area (Å²) in [5.41, 5.74) is 9.18. The molecule has 0 aromatic heterocycles. The van der Waals surface area contributed by atoms with Crippen LogP contribution in [0.15, 0.2) is 24.3 Å². The summed E-state index contributed by atoms with van der Waals surface area (Å²) in [5.74, 6) is 0.915. The lowest BCUT2D eigenvalue weighted by atomic mass is 9.95. The summed E-state index contributed by atoms with van der Waals surface area (Å²) < 4.78 is 0. The van der Waals surface area contributed by atoms with Gasteiger partial charge in [-0.05, 0) is 50.6 Å². The zero-order valence-electron chi connectivity index (χ0n) is 13.3. The molecule has 2 N–H and O–H groups in total. The zero-order chi connectivity index (χ0) is 14.5. The minimum absolute atomic E-state index is 0.225. The normalized spacial score (nSPS) is 18.2. The maximum Gasteiger partial charge on any atom is 0.0499 e. The van der Waals surface area contributed by atoms with Gasteiger partial charge in [-0.2, -0.15) is 0 Å². The molecule has 0 amide bonds. The van der Waals surface area contributed by atoms with Crippen LogP contribution in [0.1, 0.15) is 56.7 Å². The van der Waals surface area contributed by atoms with Crippen LogP contribution in [0.5, 0.6) is 0 Å². The van der Waals surface area contributed by atoms with Gasteiger partial charge in [0.05, 0.1) is 0 Å². The van der Waals surface area contributed by atoms with E-state index in [1.165, 1.54) is 36.9 Å². The fourth-order valence-corrected chi connectivity index (χ4v) is 2.98. The van der Waals surface area contributed by atoms with Crippen LogP contribution >= 0.6 is 0 Å². The number of rotatable bonds is 8. The lowest BCUT2D eigenvalue weighted by Gasteiger charge is -2.36. The molecule has 2 heteroatoms. The van der Waals surface area contributed by atoms with Crippen LogP contribution in [0.2, 0.25) is 0 Å². The smallest absolute Gasteiger partial charge is 0.0499 e. The van der Waals surface area contributed by atoms with Gasteiger partial charge in [0, 0.05) is 18.6 Å². The molecule has 2 rings (SSSR count). The Labute approximate surface area is 124 Å². The summed E-state index contributed by atoms with van der Waals surface area (Å²) in [6, 6.07) is 9.57. The minimum Gasteiger partial charge on any atom is -0.326 e. The number of hydrogen-bond donors (Lipinski definition) is 1. The average Bonchev–Trinajstić information content (AvgIpc) is 3.25. The van der Waals surface area contributed by atoms with Crippen LogP contribution < -0.4 is 5.73 Å². The number of hydrogen-bond acceptors (Lipinski definition) is 2. The summed E-state index contributed by atoms with van der Waals surface area (Å²) in [5, 5.41) is 0. The van der Waals surface area contributed by atoms with Gasteiger partial charge in [0.1, 0.15) is 0 Å². The Bertz CT molecular complexity index is 394. The first kappa shape index (κ1) is 15.5. The predicted molar refractivity (Wildman–Crippen MR) is 86.8 cm³/mol. The molecule has 2 atom stereocenters. The van der Waals surface area contributed by atoms with E-state index in [9.17, 15) is 0 Å². The van der Waals surface area contributed by atoms with Crippen LogP contribution in [0, 0.1) is 12.8 Å².